The van der Waals surface area contributed by atoms with E-state index in [9.17, 15) is 4.79 Å². The van der Waals surface area contributed by atoms with E-state index in [2.05, 4.69) is 15.3 Å². The van der Waals surface area contributed by atoms with Gasteiger partial charge in [-0.15, -0.1) is 0 Å². The molecule has 2 aromatic rings. The number of hydrogen-bond acceptors (Lipinski definition) is 5. The molecule has 0 atom stereocenters. The minimum absolute atomic E-state index is 0.355. The minimum Gasteiger partial charge on any atom is -0.462 e. The van der Waals surface area contributed by atoms with E-state index in [1.807, 2.05) is 18.2 Å². The zero-order valence-electron chi connectivity index (χ0n) is 10.7. The van der Waals surface area contributed by atoms with Crippen LogP contribution in [-0.2, 0) is 11.3 Å². The molecule has 5 nitrogen and oxygen atoms in total. The molecular formula is C14H15N3O2. The molecule has 2 aromatic heterocycles. The molecule has 19 heavy (non-hydrogen) atoms. The van der Waals surface area contributed by atoms with E-state index in [-0.39, 0.29) is 5.97 Å². The monoisotopic (exact) mass is 257 g/mol. The van der Waals surface area contributed by atoms with Crippen molar-refractivity contribution in [2.24, 2.45) is 0 Å². The lowest BCUT2D eigenvalue weighted by Gasteiger charge is -2.06. The van der Waals surface area contributed by atoms with E-state index in [0.29, 0.717) is 24.5 Å². The fraction of sp³-hybridized carbons (Fsp3) is 0.214. The van der Waals surface area contributed by atoms with Crippen molar-refractivity contribution in [2.45, 2.75) is 13.5 Å². The zero-order valence-corrected chi connectivity index (χ0v) is 10.7. The fourth-order valence-electron chi connectivity index (χ4n) is 1.52. The molecule has 0 aliphatic heterocycles. The maximum Gasteiger partial charge on any atom is 0.339 e. The van der Waals surface area contributed by atoms with Gasteiger partial charge in [0.1, 0.15) is 5.82 Å². The summed E-state index contributed by atoms with van der Waals surface area (Å²) in [7, 11) is 0. The molecule has 0 bridgehead atoms. The Kier molecular flexibility index (Phi) is 4.44. The summed E-state index contributed by atoms with van der Waals surface area (Å²) in [6.07, 6.45) is 3.24. The Bertz CT molecular complexity index is 526. The third-order valence-electron chi connectivity index (χ3n) is 2.45. The average Bonchev–Trinajstić information content (AvgIpc) is 2.47. The predicted octanol–water partition coefficient (Wildman–Crippen LogP) is 2.27. The van der Waals surface area contributed by atoms with Crippen LogP contribution in [0, 0.1) is 0 Å². The molecule has 0 aliphatic carbocycles. The zero-order chi connectivity index (χ0) is 13.5. The first-order chi connectivity index (χ1) is 9.29. The summed E-state index contributed by atoms with van der Waals surface area (Å²) < 4.78 is 4.89. The van der Waals surface area contributed by atoms with Crippen molar-refractivity contribution in [3.05, 3.63) is 54.0 Å². The molecule has 0 amide bonds. The molecule has 2 rings (SSSR count). The van der Waals surface area contributed by atoms with Crippen LogP contribution in [-0.4, -0.2) is 22.5 Å². The van der Waals surface area contributed by atoms with Crippen LogP contribution in [0.5, 0.6) is 0 Å². The van der Waals surface area contributed by atoms with Crippen LogP contribution in [0.1, 0.15) is 23.0 Å². The highest BCUT2D eigenvalue weighted by Gasteiger charge is 2.06. The molecule has 98 valence electrons. The summed E-state index contributed by atoms with van der Waals surface area (Å²) in [5.41, 5.74) is 1.38. The highest BCUT2D eigenvalue weighted by atomic mass is 16.5. The molecule has 0 saturated carbocycles. The molecule has 1 N–H and O–H groups in total. The predicted molar refractivity (Wildman–Crippen MR) is 71.8 cm³/mol. The van der Waals surface area contributed by atoms with Crippen LogP contribution in [0.4, 0.5) is 5.82 Å². The third kappa shape index (κ3) is 3.77. The number of nitrogens with zero attached hydrogens (tertiary/aromatic N) is 2. The standard InChI is InChI=1S/C14H15N3O2/c1-2-19-14(18)11-6-7-13(16-9-11)17-10-12-5-3-4-8-15-12/h3-9H,2,10H2,1H3,(H,16,17). The first-order valence-corrected chi connectivity index (χ1v) is 6.06. The lowest BCUT2D eigenvalue weighted by atomic mass is 10.3. The van der Waals surface area contributed by atoms with Crippen LogP contribution in [0.2, 0.25) is 0 Å². The Morgan fingerprint density at radius 1 is 1.26 bits per heavy atom. The maximum absolute atomic E-state index is 11.4. The Balaban J connectivity index is 1.94. The SMILES string of the molecule is CCOC(=O)c1ccc(NCc2ccccn2)nc1. The Morgan fingerprint density at radius 3 is 2.79 bits per heavy atom. The van der Waals surface area contributed by atoms with Gasteiger partial charge in [0.2, 0.25) is 0 Å². The smallest absolute Gasteiger partial charge is 0.339 e. The second-order valence-electron chi connectivity index (χ2n) is 3.83. The molecule has 0 saturated heterocycles. The van der Waals surface area contributed by atoms with Gasteiger partial charge in [-0.2, -0.15) is 0 Å². The first kappa shape index (κ1) is 13.0. The van der Waals surface area contributed by atoms with E-state index in [1.165, 1.54) is 6.20 Å². The van der Waals surface area contributed by atoms with Gasteiger partial charge in [0.15, 0.2) is 0 Å². The van der Waals surface area contributed by atoms with Gasteiger partial charge in [-0.3, -0.25) is 4.98 Å². The highest BCUT2D eigenvalue weighted by Crippen LogP contribution is 2.07. The molecule has 0 radical (unpaired) electrons. The summed E-state index contributed by atoms with van der Waals surface area (Å²) in [5, 5.41) is 3.13. The van der Waals surface area contributed by atoms with Gasteiger partial charge in [0, 0.05) is 12.4 Å². The number of pyridine rings is 2. The molecule has 0 unspecified atom stereocenters. The van der Waals surface area contributed by atoms with Crippen LogP contribution < -0.4 is 5.32 Å². The van der Waals surface area contributed by atoms with E-state index in [4.69, 9.17) is 4.74 Å². The number of esters is 1. The largest absolute Gasteiger partial charge is 0.462 e. The van der Waals surface area contributed by atoms with Crippen LogP contribution in [0.25, 0.3) is 0 Å². The van der Waals surface area contributed by atoms with Gasteiger partial charge in [0.05, 0.1) is 24.4 Å². The third-order valence-corrected chi connectivity index (χ3v) is 2.45. The van der Waals surface area contributed by atoms with Gasteiger partial charge < -0.3 is 10.1 Å². The number of carbonyl (C=O) groups is 1. The fourth-order valence-corrected chi connectivity index (χ4v) is 1.52. The number of anilines is 1. The first-order valence-electron chi connectivity index (χ1n) is 6.06. The number of hydrogen-bond donors (Lipinski definition) is 1. The van der Waals surface area contributed by atoms with Gasteiger partial charge >= 0.3 is 5.97 Å². The summed E-state index contributed by atoms with van der Waals surface area (Å²) in [6.45, 7) is 2.72. The van der Waals surface area contributed by atoms with Crippen molar-refractivity contribution in [2.75, 3.05) is 11.9 Å². The number of ether oxygens (including phenoxy) is 1. The van der Waals surface area contributed by atoms with Gasteiger partial charge in [0.25, 0.3) is 0 Å². The highest BCUT2D eigenvalue weighted by molar-refractivity contribution is 5.89. The van der Waals surface area contributed by atoms with E-state index in [1.54, 1.807) is 25.3 Å². The van der Waals surface area contributed by atoms with Crippen molar-refractivity contribution in [3.63, 3.8) is 0 Å². The molecule has 2 heterocycles. The molecule has 5 heteroatoms. The summed E-state index contributed by atoms with van der Waals surface area (Å²) in [6, 6.07) is 9.16. The number of rotatable bonds is 5. The molecule has 0 fully saturated rings. The quantitative estimate of drug-likeness (QED) is 0.832. The van der Waals surface area contributed by atoms with Crippen LogP contribution >= 0.6 is 0 Å². The number of carbonyl (C=O) groups excluding carboxylic acids is 1. The Hall–Kier alpha value is -2.43. The van der Waals surface area contributed by atoms with Crippen molar-refractivity contribution in [3.8, 4) is 0 Å². The second kappa shape index (κ2) is 6.49. The van der Waals surface area contributed by atoms with Crippen molar-refractivity contribution >= 4 is 11.8 Å². The van der Waals surface area contributed by atoms with Gasteiger partial charge in [-0.1, -0.05) is 6.07 Å². The van der Waals surface area contributed by atoms with Crippen LogP contribution in [0.3, 0.4) is 0 Å². The van der Waals surface area contributed by atoms with Crippen molar-refractivity contribution in [1.29, 1.82) is 0 Å². The molecular weight excluding hydrogens is 242 g/mol. The number of nitrogens with one attached hydrogen (secondary N) is 1. The summed E-state index contributed by atoms with van der Waals surface area (Å²) in [4.78, 5) is 19.8. The van der Waals surface area contributed by atoms with Gasteiger partial charge in [-0.05, 0) is 31.2 Å². The topological polar surface area (TPSA) is 64.1 Å². The maximum atomic E-state index is 11.4. The summed E-state index contributed by atoms with van der Waals surface area (Å²) in [5.74, 6) is 0.338. The Morgan fingerprint density at radius 2 is 2.16 bits per heavy atom. The lowest BCUT2D eigenvalue weighted by Crippen LogP contribution is -2.07. The van der Waals surface area contributed by atoms with Crippen molar-refractivity contribution < 1.29 is 9.53 Å². The van der Waals surface area contributed by atoms with Crippen LogP contribution in [0.15, 0.2) is 42.7 Å². The lowest BCUT2D eigenvalue weighted by molar-refractivity contribution is 0.0526. The van der Waals surface area contributed by atoms with E-state index < -0.39 is 0 Å². The van der Waals surface area contributed by atoms with Gasteiger partial charge in [-0.25, -0.2) is 9.78 Å². The molecule has 0 aliphatic rings. The second-order valence-corrected chi connectivity index (χ2v) is 3.83. The van der Waals surface area contributed by atoms with E-state index >= 15 is 0 Å². The Labute approximate surface area is 111 Å². The van der Waals surface area contributed by atoms with Crippen molar-refractivity contribution in [1.82, 2.24) is 9.97 Å². The summed E-state index contributed by atoms with van der Waals surface area (Å²) >= 11 is 0. The minimum atomic E-state index is -0.355. The molecule has 0 aromatic carbocycles. The average molecular weight is 257 g/mol. The molecule has 0 spiro atoms. The van der Waals surface area contributed by atoms with E-state index in [0.717, 1.165) is 5.69 Å². The number of aromatic nitrogens is 2. The normalized spacial score (nSPS) is 9.95.